The molecule has 0 heterocycles. The van der Waals surface area contributed by atoms with Gasteiger partial charge in [0.05, 0.1) is 15.6 Å². The number of anilines is 2. The summed E-state index contributed by atoms with van der Waals surface area (Å²) in [5, 5.41) is 2.90. The van der Waals surface area contributed by atoms with E-state index in [0.29, 0.717) is 10.7 Å². The van der Waals surface area contributed by atoms with E-state index in [2.05, 4.69) is 5.32 Å². The monoisotopic (exact) mass is 415 g/mol. The normalized spacial score (nSPS) is 11.0. The van der Waals surface area contributed by atoms with Crippen LogP contribution in [0.25, 0.3) is 0 Å². The SMILES string of the molecule is CC(=O)Nc1ccc(S(=O)(=O)N(CC(N)=O)c2ccc(Cl)cc2Cl)cc1. The van der Waals surface area contributed by atoms with Crippen molar-refractivity contribution in [2.75, 3.05) is 16.2 Å². The van der Waals surface area contributed by atoms with Crippen molar-refractivity contribution in [2.45, 2.75) is 11.8 Å². The predicted molar refractivity (Wildman–Crippen MR) is 101 cm³/mol. The minimum Gasteiger partial charge on any atom is -0.368 e. The van der Waals surface area contributed by atoms with Crippen molar-refractivity contribution in [2.24, 2.45) is 5.73 Å². The molecule has 0 saturated heterocycles. The molecule has 0 radical (unpaired) electrons. The van der Waals surface area contributed by atoms with Crippen LogP contribution in [0.4, 0.5) is 11.4 Å². The van der Waals surface area contributed by atoms with Gasteiger partial charge in [0, 0.05) is 17.6 Å². The van der Waals surface area contributed by atoms with Crippen LogP contribution >= 0.6 is 23.2 Å². The van der Waals surface area contributed by atoms with E-state index in [9.17, 15) is 18.0 Å². The quantitative estimate of drug-likeness (QED) is 0.755. The first-order valence-electron chi connectivity index (χ1n) is 7.25. The fourth-order valence-corrected chi connectivity index (χ4v) is 4.18. The summed E-state index contributed by atoms with van der Waals surface area (Å²) in [6.07, 6.45) is 0. The summed E-state index contributed by atoms with van der Waals surface area (Å²) in [5.74, 6) is -1.14. The molecule has 0 spiro atoms. The highest BCUT2D eigenvalue weighted by atomic mass is 35.5. The second kappa shape index (κ2) is 7.94. The number of nitrogens with zero attached hydrogens (tertiary/aromatic N) is 1. The second-order valence-electron chi connectivity index (χ2n) is 5.28. The molecule has 7 nitrogen and oxygen atoms in total. The largest absolute Gasteiger partial charge is 0.368 e. The van der Waals surface area contributed by atoms with E-state index in [1.165, 1.54) is 49.4 Å². The van der Waals surface area contributed by atoms with E-state index >= 15 is 0 Å². The van der Waals surface area contributed by atoms with Crippen LogP contribution in [0.15, 0.2) is 47.4 Å². The minimum absolute atomic E-state index is 0.0530. The molecule has 0 aliphatic heterocycles. The number of hydrogen-bond donors (Lipinski definition) is 2. The van der Waals surface area contributed by atoms with Crippen LogP contribution in [0.3, 0.4) is 0 Å². The van der Waals surface area contributed by atoms with E-state index in [1.54, 1.807) is 0 Å². The fraction of sp³-hybridized carbons (Fsp3) is 0.125. The van der Waals surface area contributed by atoms with Crippen LogP contribution in [-0.4, -0.2) is 26.8 Å². The van der Waals surface area contributed by atoms with Gasteiger partial charge in [-0.05, 0) is 42.5 Å². The van der Waals surface area contributed by atoms with Crippen molar-refractivity contribution >= 4 is 56.4 Å². The average Bonchev–Trinajstić information content (AvgIpc) is 2.53. The Morgan fingerprint density at radius 1 is 1.12 bits per heavy atom. The molecule has 138 valence electrons. The highest BCUT2D eigenvalue weighted by Crippen LogP contribution is 2.32. The van der Waals surface area contributed by atoms with Gasteiger partial charge in [0.15, 0.2) is 0 Å². The molecule has 10 heteroatoms. The molecule has 2 amide bonds. The number of benzene rings is 2. The van der Waals surface area contributed by atoms with Crippen molar-refractivity contribution in [3.8, 4) is 0 Å². The summed E-state index contributed by atoms with van der Waals surface area (Å²) in [6.45, 7) is 0.735. The third-order valence-electron chi connectivity index (χ3n) is 3.24. The van der Waals surface area contributed by atoms with E-state index in [-0.39, 0.29) is 21.5 Å². The third kappa shape index (κ3) is 4.66. The molecule has 2 rings (SSSR count). The molecular formula is C16H15Cl2N3O4S. The van der Waals surface area contributed by atoms with Crippen LogP contribution in [0.1, 0.15) is 6.92 Å². The summed E-state index contributed by atoms with van der Waals surface area (Å²) in [6, 6.07) is 9.67. The van der Waals surface area contributed by atoms with Crippen LogP contribution in [0.5, 0.6) is 0 Å². The van der Waals surface area contributed by atoms with Gasteiger partial charge in [-0.15, -0.1) is 0 Å². The Morgan fingerprint density at radius 2 is 1.73 bits per heavy atom. The van der Waals surface area contributed by atoms with Gasteiger partial charge in [-0.25, -0.2) is 8.42 Å². The number of nitrogens with two attached hydrogens (primary N) is 1. The standard InChI is InChI=1S/C16H15Cl2N3O4S/c1-10(22)20-12-3-5-13(6-4-12)26(24,25)21(9-16(19)23)15-7-2-11(17)8-14(15)18/h2-8H,9H2,1H3,(H2,19,23)(H,20,22). The summed E-state index contributed by atoms with van der Waals surface area (Å²) < 4.78 is 26.8. The van der Waals surface area contributed by atoms with Gasteiger partial charge >= 0.3 is 0 Å². The van der Waals surface area contributed by atoms with Gasteiger partial charge in [0.1, 0.15) is 6.54 Å². The number of sulfonamides is 1. The Hall–Kier alpha value is -2.29. The zero-order valence-corrected chi connectivity index (χ0v) is 15.9. The van der Waals surface area contributed by atoms with Crippen LogP contribution < -0.4 is 15.4 Å². The van der Waals surface area contributed by atoms with Crippen LogP contribution in [-0.2, 0) is 19.6 Å². The number of rotatable bonds is 6. The Bertz CT molecular complexity index is 946. The van der Waals surface area contributed by atoms with Crippen molar-refractivity contribution in [3.63, 3.8) is 0 Å². The molecule has 0 unspecified atom stereocenters. The first kappa shape index (κ1) is 20.0. The Balaban J connectivity index is 2.49. The summed E-state index contributed by atoms with van der Waals surface area (Å²) in [5.41, 5.74) is 5.71. The highest BCUT2D eigenvalue weighted by Gasteiger charge is 2.28. The zero-order chi connectivity index (χ0) is 19.5. The minimum atomic E-state index is -4.14. The first-order valence-corrected chi connectivity index (χ1v) is 9.44. The zero-order valence-electron chi connectivity index (χ0n) is 13.6. The number of nitrogens with one attached hydrogen (secondary N) is 1. The summed E-state index contributed by atoms with van der Waals surface area (Å²) in [7, 11) is -4.14. The summed E-state index contributed by atoms with van der Waals surface area (Å²) >= 11 is 11.9. The smallest absolute Gasteiger partial charge is 0.264 e. The van der Waals surface area contributed by atoms with E-state index < -0.39 is 22.5 Å². The molecule has 3 N–H and O–H groups in total. The molecule has 0 bridgehead atoms. The Kier molecular flexibility index (Phi) is 6.12. The fourth-order valence-electron chi connectivity index (χ4n) is 2.17. The maximum absolute atomic E-state index is 13.0. The van der Waals surface area contributed by atoms with Crippen molar-refractivity contribution in [3.05, 3.63) is 52.5 Å². The van der Waals surface area contributed by atoms with Crippen molar-refractivity contribution in [1.29, 1.82) is 0 Å². The maximum Gasteiger partial charge on any atom is 0.264 e. The summed E-state index contributed by atoms with van der Waals surface area (Å²) in [4.78, 5) is 22.4. The van der Waals surface area contributed by atoms with E-state index in [0.717, 1.165) is 4.31 Å². The molecule has 2 aromatic rings. The van der Waals surface area contributed by atoms with Crippen molar-refractivity contribution < 1.29 is 18.0 Å². The Labute approximate surface area is 160 Å². The third-order valence-corrected chi connectivity index (χ3v) is 5.55. The molecule has 26 heavy (non-hydrogen) atoms. The van der Waals surface area contributed by atoms with Gasteiger partial charge in [0.25, 0.3) is 10.0 Å². The van der Waals surface area contributed by atoms with Crippen LogP contribution in [0.2, 0.25) is 10.0 Å². The van der Waals surface area contributed by atoms with Gasteiger partial charge in [0.2, 0.25) is 11.8 Å². The lowest BCUT2D eigenvalue weighted by Gasteiger charge is -2.24. The molecular weight excluding hydrogens is 401 g/mol. The lowest BCUT2D eigenvalue weighted by atomic mass is 10.3. The number of carbonyl (C=O) groups is 2. The lowest BCUT2D eigenvalue weighted by molar-refractivity contribution is -0.116. The van der Waals surface area contributed by atoms with Crippen LogP contribution in [0, 0.1) is 0 Å². The topological polar surface area (TPSA) is 110 Å². The second-order valence-corrected chi connectivity index (χ2v) is 7.99. The number of primary amides is 1. The predicted octanol–water partition coefficient (Wildman–Crippen LogP) is 2.63. The van der Waals surface area contributed by atoms with Gasteiger partial charge in [-0.3, -0.25) is 13.9 Å². The molecule has 0 aliphatic carbocycles. The number of hydrogen-bond acceptors (Lipinski definition) is 4. The molecule has 2 aromatic carbocycles. The number of carbonyl (C=O) groups excluding carboxylic acids is 2. The first-order chi connectivity index (χ1) is 12.1. The lowest BCUT2D eigenvalue weighted by Crippen LogP contribution is -2.38. The highest BCUT2D eigenvalue weighted by molar-refractivity contribution is 7.92. The molecule has 0 fully saturated rings. The van der Waals surface area contributed by atoms with Gasteiger partial charge in [-0.1, -0.05) is 23.2 Å². The maximum atomic E-state index is 13.0. The molecule has 0 aliphatic rings. The molecule has 0 aromatic heterocycles. The molecule has 0 atom stereocenters. The van der Waals surface area contributed by atoms with E-state index in [4.69, 9.17) is 28.9 Å². The average molecular weight is 416 g/mol. The number of amides is 2. The van der Waals surface area contributed by atoms with Gasteiger partial charge in [-0.2, -0.15) is 0 Å². The van der Waals surface area contributed by atoms with Crippen molar-refractivity contribution in [1.82, 2.24) is 0 Å². The molecule has 0 saturated carbocycles. The van der Waals surface area contributed by atoms with E-state index in [1.807, 2.05) is 0 Å². The Morgan fingerprint density at radius 3 is 2.23 bits per heavy atom. The number of halogens is 2. The van der Waals surface area contributed by atoms with Gasteiger partial charge < -0.3 is 11.1 Å².